The van der Waals surface area contributed by atoms with Crippen molar-refractivity contribution in [2.75, 3.05) is 0 Å². The molecular weight excluding hydrogens is 306 g/mol. The van der Waals surface area contributed by atoms with Crippen LogP contribution in [0.25, 0.3) is 28.9 Å². The van der Waals surface area contributed by atoms with E-state index in [1.165, 1.54) is 0 Å². The summed E-state index contributed by atoms with van der Waals surface area (Å²) < 4.78 is 2.09. The van der Waals surface area contributed by atoms with Crippen LogP contribution >= 0.6 is 0 Å². The predicted octanol–water partition coefficient (Wildman–Crippen LogP) is 5.07. The molecule has 0 bridgehead atoms. The lowest BCUT2D eigenvalue weighted by Crippen LogP contribution is -1.91. The maximum absolute atomic E-state index is 8.86. The Morgan fingerprint density at radius 1 is 0.840 bits per heavy atom. The van der Waals surface area contributed by atoms with Crippen LogP contribution in [0.1, 0.15) is 16.7 Å². The molecule has 0 saturated carbocycles. The molecule has 0 amide bonds. The molecule has 0 atom stereocenters. The zero-order chi connectivity index (χ0) is 17.1. The van der Waals surface area contributed by atoms with Crippen LogP contribution in [0.4, 0.5) is 0 Å². The topological polar surface area (TPSA) is 41.6 Å². The Balaban J connectivity index is 1.65. The molecule has 3 heteroatoms. The van der Waals surface area contributed by atoms with Gasteiger partial charge in [0.15, 0.2) is 0 Å². The van der Waals surface area contributed by atoms with Gasteiger partial charge < -0.3 is 0 Å². The Bertz CT molecular complexity index is 1100. The maximum Gasteiger partial charge on any atom is 0.100 e. The molecule has 3 nitrogen and oxygen atoms in total. The van der Waals surface area contributed by atoms with E-state index in [1.54, 1.807) is 0 Å². The van der Waals surface area contributed by atoms with Crippen molar-refractivity contribution < 1.29 is 0 Å². The molecular formula is C22H15N3. The van der Waals surface area contributed by atoms with Gasteiger partial charge >= 0.3 is 0 Å². The minimum absolute atomic E-state index is 0.672. The molecule has 0 aliphatic carbocycles. The summed E-state index contributed by atoms with van der Waals surface area (Å²) in [4.78, 5) is 4.45. The highest BCUT2D eigenvalue weighted by atomic mass is 15.0. The lowest BCUT2D eigenvalue weighted by atomic mass is 10.1. The van der Waals surface area contributed by atoms with E-state index in [0.717, 1.165) is 27.8 Å². The zero-order valence-electron chi connectivity index (χ0n) is 13.5. The molecule has 3 aromatic carbocycles. The van der Waals surface area contributed by atoms with E-state index < -0.39 is 0 Å². The van der Waals surface area contributed by atoms with Gasteiger partial charge in [0.05, 0.1) is 22.7 Å². The Labute approximate surface area is 146 Å². The van der Waals surface area contributed by atoms with E-state index >= 15 is 0 Å². The van der Waals surface area contributed by atoms with Gasteiger partial charge in [0.1, 0.15) is 6.33 Å². The number of hydrogen-bond acceptors (Lipinski definition) is 2. The minimum Gasteiger partial charge on any atom is -0.299 e. The molecule has 25 heavy (non-hydrogen) atoms. The fourth-order valence-corrected chi connectivity index (χ4v) is 2.80. The molecule has 0 aliphatic heterocycles. The highest BCUT2D eigenvalue weighted by Crippen LogP contribution is 2.19. The fraction of sp³-hybridized carbons (Fsp3) is 0. The maximum atomic E-state index is 8.86. The number of benzene rings is 3. The van der Waals surface area contributed by atoms with Gasteiger partial charge in [0.25, 0.3) is 0 Å². The van der Waals surface area contributed by atoms with Gasteiger partial charge in [-0.1, -0.05) is 48.6 Å². The van der Waals surface area contributed by atoms with Crippen molar-refractivity contribution in [1.29, 1.82) is 5.26 Å². The molecule has 0 fully saturated rings. The van der Waals surface area contributed by atoms with E-state index in [9.17, 15) is 0 Å². The van der Waals surface area contributed by atoms with Crippen LogP contribution in [0, 0.1) is 11.3 Å². The number of imidazole rings is 1. The van der Waals surface area contributed by atoms with Crippen molar-refractivity contribution >= 4 is 23.2 Å². The predicted molar refractivity (Wildman–Crippen MR) is 101 cm³/mol. The van der Waals surface area contributed by atoms with Crippen molar-refractivity contribution in [3.8, 4) is 11.8 Å². The Morgan fingerprint density at radius 2 is 1.64 bits per heavy atom. The number of nitriles is 1. The first kappa shape index (κ1) is 14.9. The number of nitrogens with zero attached hydrogens (tertiary/aromatic N) is 3. The largest absolute Gasteiger partial charge is 0.299 e. The Hall–Kier alpha value is -3.64. The second-order valence-electron chi connectivity index (χ2n) is 5.77. The molecule has 0 N–H and O–H groups in total. The first-order valence-corrected chi connectivity index (χ1v) is 8.04. The van der Waals surface area contributed by atoms with E-state index in [4.69, 9.17) is 5.26 Å². The van der Waals surface area contributed by atoms with E-state index in [2.05, 4.69) is 46.0 Å². The molecule has 1 aromatic heterocycles. The van der Waals surface area contributed by atoms with E-state index in [1.807, 2.05) is 60.9 Å². The van der Waals surface area contributed by atoms with Gasteiger partial charge in [-0.3, -0.25) is 4.57 Å². The molecule has 0 unspecified atom stereocenters. The van der Waals surface area contributed by atoms with E-state index in [0.29, 0.717) is 5.56 Å². The lowest BCUT2D eigenvalue weighted by molar-refractivity contribution is 1.09. The first-order chi connectivity index (χ1) is 12.3. The van der Waals surface area contributed by atoms with E-state index in [-0.39, 0.29) is 0 Å². The smallest absolute Gasteiger partial charge is 0.100 e. The summed E-state index contributed by atoms with van der Waals surface area (Å²) in [6.45, 7) is 0. The molecule has 4 aromatic rings. The van der Waals surface area contributed by atoms with Gasteiger partial charge in [-0.2, -0.15) is 5.26 Å². The highest BCUT2D eigenvalue weighted by Gasteiger charge is 2.03. The molecule has 1 heterocycles. The van der Waals surface area contributed by atoms with Crippen LogP contribution in [0.3, 0.4) is 0 Å². The average Bonchev–Trinajstić information content (AvgIpc) is 3.11. The molecule has 0 aliphatic rings. The summed E-state index contributed by atoms with van der Waals surface area (Å²) in [6, 6.07) is 26.1. The standard InChI is InChI=1S/C22H15N3/c23-15-19-12-9-17(10-13-19)8-11-18-4-3-5-20(14-18)25-16-24-21-6-1-2-7-22(21)25/h1-14,16H. The molecule has 0 radical (unpaired) electrons. The van der Waals surface area contributed by atoms with Crippen molar-refractivity contribution in [2.45, 2.75) is 0 Å². The van der Waals surface area contributed by atoms with Crippen molar-refractivity contribution in [2.24, 2.45) is 0 Å². The summed E-state index contributed by atoms with van der Waals surface area (Å²) in [5.41, 5.74) is 6.01. The van der Waals surface area contributed by atoms with Crippen LogP contribution < -0.4 is 0 Å². The molecule has 4 rings (SSSR count). The normalized spacial score (nSPS) is 11.0. The second-order valence-corrected chi connectivity index (χ2v) is 5.77. The van der Waals surface area contributed by atoms with Crippen LogP contribution in [0.5, 0.6) is 0 Å². The number of hydrogen-bond donors (Lipinski definition) is 0. The fourth-order valence-electron chi connectivity index (χ4n) is 2.80. The molecule has 0 saturated heterocycles. The zero-order valence-corrected chi connectivity index (χ0v) is 13.5. The summed E-state index contributed by atoms with van der Waals surface area (Å²) in [5, 5.41) is 8.86. The monoisotopic (exact) mass is 321 g/mol. The van der Waals surface area contributed by atoms with Gasteiger partial charge in [0.2, 0.25) is 0 Å². The van der Waals surface area contributed by atoms with Gasteiger partial charge in [-0.05, 0) is 47.5 Å². The number of rotatable bonds is 3. The first-order valence-electron chi connectivity index (χ1n) is 8.04. The minimum atomic E-state index is 0.672. The van der Waals surface area contributed by atoms with Gasteiger partial charge in [0, 0.05) is 5.69 Å². The van der Waals surface area contributed by atoms with Crippen molar-refractivity contribution in [3.63, 3.8) is 0 Å². The summed E-state index contributed by atoms with van der Waals surface area (Å²) in [5.74, 6) is 0. The van der Waals surface area contributed by atoms with Gasteiger partial charge in [-0.25, -0.2) is 4.98 Å². The quantitative estimate of drug-likeness (QED) is 0.494. The SMILES string of the molecule is N#Cc1ccc(C=Cc2cccc(-n3cnc4ccccc43)c2)cc1. The third-order valence-corrected chi connectivity index (χ3v) is 4.11. The second kappa shape index (κ2) is 6.46. The van der Waals surface area contributed by atoms with Gasteiger partial charge in [-0.15, -0.1) is 0 Å². The number of fused-ring (bicyclic) bond motifs is 1. The van der Waals surface area contributed by atoms with Crippen molar-refractivity contribution in [1.82, 2.24) is 9.55 Å². The summed E-state index contributed by atoms with van der Waals surface area (Å²) >= 11 is 0. The highest BCUT2D eigenvalue weighted by molar-refractivity contribution is 5.78. The summed E-state index contributed by atoms with van der Waals surface area (Å²) in [7, 11) is 0. The third kappa shape index (κ3) is 3.06. The van der Waals surface area contributed by atoms with Crippen LogP contribution in [0.2, 0.25) is 0 Å². The molecule has 0 spiro atoms. The Morgan fingerprint density at radius 3 is 2.48 bits per heavy atom. The van der Waals surface area contributed by atoms with Crippen LogP contribution in [-0.4, -0.2) is 9.55 Å². The third-order valence-electron chi connectivity index (χ3n) is 4.11. The lowest BCUT2D eigenvalue weighted by Gasteiger charge is -2.05. The summed E-state index contributed by atoms with van der Waals surface area (Å²) in [6.07, 6.45) is 5.98. The average molecular weight is 321 g/mol. The number of aromatic nitrogens is 2. The van der Waals surface area contributed by atoms with Crippen molar-refractivity contribution in [3.05, 3.63) is 95.8 Å². The van der Waals surface area contributed by atoms with Crippen LogP contribution in [-0.2, 0) is 0 Å². The number of para-hydroxylation sites is 2. The Kier molecular flexibility index (Phi) is 3.86. The van der Waals surface area contributed by atoms with Crippen LogP contribution in [0.15, 0.2) is 79.1 Å². The molecule has 118 valence electrons.